The number of carbonyl (C=O) groups is 1. The summed E-state index contributed by atoms with van der Waals surface area (Å²) >= 11 is 0. The quantitative estimate of drug-likeness (QED) is 0.758. The summed E-state index contributed by atoms with van der Waals surface area (Å²) in [5.41, 5.74) is 0.132. The van der Waals surface area contributed by atoms with Crippen LogP contribution in [-0.4, -0.2) is 18.9 Å². The Morgan fingerprint density at radius 2 is 2.07 bits per heavy atom. The molecule has 0 amide bonds. The van der Waals surface area contributed by atoms with Gasteiger partial charge in [0.15, 0.2) is 0 Å². The molecule has 4 atom stereocenters. The Labute approximate surface area is 90.8 Å². The van der Waals surface area contributed by atoms with E-state index < -0.39 is 0 Å². The van der Waals surface area contributed by atoms with Crippen molar-refractivity contribution in [2.24, 2.45) is 29.1 Å². The first-order chi connectivity index (χ1) is 7.28. The number of rotatable bonds is 3. The number of ketones is 1. The minimum Gasteiger partial charge on any atom is -0.315 e. The van der Waals surface area contributed by atoms with Crippen molar-refractivity contribution in [3.63, 3.8) is 0 Å². The molecule has 1 saturated heterocycles. The highest BCUT2D eigenvalue weighted by molar-refractivity contribution is 5.89. The second-order valence-corrected chi connectivity index (χ2v) is 6.41. The molecule has 15 heavy (non-hydrogen) atoms. The Balaban J connectivity index is 1.40. The maximum absolute atomic E-state index is 12.2. The van der Waals surface area contributed by atoms with E-state index in [9.17, 15) is 4.79 Å². The van der Waals surface area contributed by atoms with Crippen LogP contribution in [0.4, 0.5) is 0 Å². The summed E-state index contributed by atoms with van der Waals surface area (Å²) in [7, 11) is 0. The van der Waals surface area contributed by atoms with Crippen molar-refractivity contribution >= 4 is 5.78 Å². The molecule has 0 aromatic carbocycles. The summed E-state index contributed by atoms with van der Waals surface area (Å²) in [4.78, 5) is 12.2. The van der Waals surface area contributed by atoms with E-state index in [0.717, 1.165) is 37.3 Å². The van der Waals surface area contributed by atoms with Crippen molar-refractivity contribution in [2.75, 3.05) is 13.1 Å². The lowest BCUT2D eigenvalue weighted by molar-refractivity contribution is -0.124. The smallest absolute Gasteiger partial charge is 0.140 e. The van der Waals surface area contributed by atoms with Crippen molar-refractivity contribution < 1.29 is 4.79 Å². The van der Waals surface area contributed by atoms with Gasteiger partial charge in [-0.05, 0) is 55.9 Å². The predicted molar refractivity (Wildman–Crippen MR) is 57.4 cm³/mol. The zero-order valence-corrected chi connectivity index (χ0v) is 9.17. The van der Waals surface area contributed by atoms with Gasteiger partial charge in [0.25, 0.3) is 0 Å². The Kier molecular flexibility index (Phi) is 1.55. The molecule has 0 spiro atoms. The van der Waals surface area contributed by atoms with Crippen LogP contribution in [-0.2, 0) is 4.79 Å². The SMILES string of the molecule is O=C(CC1CC2CC2C1)C12CNCC1C2. The Morgan fingerprint density at radius 1 is 1.27 bits per heavy atom. The molecule has 0 aromatic rings. The van der Waals surface area contributed by atoms with Crippen LogP contribution < -0.4 is 5.32 Å². The van der Waals surface area contributed by atoms with Crippen molar-refractivity contribution in [1.29, 1.82) is 0 Å². The topological polar surface area (TPSA) is 29.1 Å². The second kappa shape index (κ2) is 2.65. The van der Waals surface area contributed by atoms with Gasteiger partial charge in [0.05, 0.1) is 0 Å². The number of piperidine rings is 1. The van der Waals surface area contributed by atoms with Gasteiger partial charge in [-0.25, -0.2) is 0 Å². The third-order valence-corrected chi connectivity index (χ3v) is 5.43. The fourth-order valence-electron chi connectivity index (χ4n) is 4.25. The van der Waals surface area contributed by atoms with Crippen molar-refractivity contribution in [1.82, 2.24) is 5.32 Å². The molecule has 2 heteroatoms. The zero-order valence-electron chi connectivity index (χ0n) is 9.17. The molecule has 82 valence electrons. The van der Waals surface area contributed by atoms with Gasteiger partial charge < -0.3 is 5.32 Å². The molecule has 1 heterocycles. The van der Waals surface area contributed by atoms with Crippen molar-refractivity contribution in [2.45, 2.75) is 32.1 Å². The molecule has 4 unspecified atom stereocenters. The molecule has 2 nitrogen and oxygen atoms in total. The summed E-state index contributed by atoms with van der Waals surface area (Å²) < 4.78 is 0. The molecular weight excluding hydrogens is 186 g/mol. The van der Waals surface area contributed by atoms with E-state index in [1.54, 1.807) is 0 Å². The first kappa shape index (κ1) is 8.74. The van der Waals surface area contributed by atoms with Crippen LogP contribution in [0.2, 0.25) is 0 Å². The lowest BCUT2D eigenvalue weighted by Gasteiger charge is -2.15. The number of carbonyl (C=O) groups excluding carboxylic acids is 1. The third-order valence-electron chi connectivity index (χ3n) is 5.43. The highest BCUT2D eigenvalue weighted by atomic mass is 16.1. The van der Waals surface area contributed by atoms with E-state index in [1.165, 1.54) is 25.7 Å². The largest absolute Gasteiger partial charge is 0.315 e. The van der Waals surface area contributed by atoms with Crippen molar-refractivity contribution in [3.8, 4) is 0 Å². The summed E-state index contributed by atoms with van der Waals surface area (Å²) in [5.74, 6) is 4.12. The molecule has 3 saturated carbocycles. The number of hydrogen-bond acceptors (Lipinski definition) is 2. The predicted octanol–water partition coefficient (Wildman–Crippen LogP) is 1.60. The summed E-state index contributed by atoms with van der Waals surface area (Å²) in [5, 5.41) is 3.37. The van der Waals surface area contributed by atoms with Gasteiger partial charge in [-0.1, -0.05) is 0 Å². The Morgan fingerprint density at radius 3 is 2.67 bits per heavy atom. The maximum atomic E-state index is 12.2. The first-order valence-electron chi connectivity index (χ1n) is 6.52. The molecule has 4 aliphatic rings. The molecule has 1 aliphatic heterocycles. The molecule has 0 bridgehead atoms. The number of fused-ring (bicyclic) bond motifs is 2. The normalized spacial score (nSPS) is 54.9. The van der Waals surface area contributed by atoms with Crippen LogP contribution >= 0.6 is 0 Å². The minimum atomic E-state index is 0.132. The van der Waals surface area contributed by atoms with E-state index in [2.05, 4.69) is 5.32 Å². The molecule has 0 aromatic heterocycles. The lowest BCUT2D eigenvalue weighted by atomic mass is 9.89. The van der Waals surface area contributed by atoms with Gasteiger partial charge in [0, 0.05) is 18.4 Å². The van der Waals surface area contributed by atoms with E-state index >= 15 is 0 Å². The molecule has 4 fully saturated rings. The van der Waals surface area contributed by atoms with E-state index in [1.807, 2.05) is 0 Å². The summed E-state index contributed by atoms with van der Waals surface area (Å²) in [6.07, 6.45) is 6.30. The fraction of sp³-hybridized carbons (Fsp3) is 0.923. The lowest BCUT2D eigenvalue weighted by Crippen LogP contribution is -2.25. The van der Waals surface area contributed by atoms with E-state index in [4.69, 9.17) is 0 Å². The molecule has 0 radical (unpaired) electrons. The standard InChI is InChI=1S/C13H19NO/c15-12(13-5-11(13)6-14-7-13)3-8-1-9-4-10(9)2-8/h8-11,14H,1-7H2. The monoisotopic (exact) mass is 205 g/mol. The van der Waals surface area contributed by atoms with E-state index in [0.29, 0.717) is 11.7 Å². The fourth-order valence-corrected chi connectivity index (χ4v) is 4.25. The van der Waals surface area contributed by atoms with Crippen LogP contribution in [0.3, 0.4) is 0 Å². The zero-order chi connectivity index (χ0) is 10.0. The number of nitrogens with one attached hydrogen (secondary N) is 1. The molecule has 4 rings (SSSR count). The van der Waals surface area contributed by atoms with Gasteiger partial charge in [-0.2, -0.15) is 0 Å². The Hall–Kier alpha value is -0.370. The average molecular weight is 205 g/mol. The third kappa shape index (κ3) is 1.17. The first-order valence-corrected chi connectivity index (χ1v) is 6.52. The van der Waals surface area contributed by atoms with Crippen LogP contribution in [0, 0.1) is 29.1 Å². The highest BCUT2D eigenvalue weighted by Gasteiger charge is 2.62. The van der Waals surface area contributed by atoms with Gasteiger partial charge in [-0.15, -0.1) is 0 Å². The van der Waals surface area contributed by atoms with Crippen LogP contribution in [0.1, 0.15) is 32.1 Å². The molecule has 3 aliphatic carbocycles. The summed E-state index contributed by atoms with van der Waals surface area (Å²) in [6.45, 7) is 2.08. The van der Waals surface area contributed by atoms with Gasteiger partial charge in [-0.3, -0.25) is 4.79 Å². The molecule has 1 N–H and O–H groups in total. The minimum absolute atomic E-state index is 0.132. The Bertz CT molecular complexity index is 316. The van der Waals surface area contributed by atoms with Gasteiger partial charge in [0.2, 0.25) is 0 Å². The van der Waals surface area contributed by atoms with E-state index in [-0.39, 0.29) is 5.41 Å². The van der Waals surface area contributed by atoms with Crippen LogP contribution in [0.25, 0.3) is 0 Å². The number of hydrogen-bond donors (Lipinski definition) is 1. The van der Waals surface area contributed by atoms with Gasteiger partial charge in [0.1, 0.15) is 5.78 Å². The van der Waals surface area contributed by atoms with Crippen LogP contribution in [0.5, 0.6) is 0 Å². The summed E-state index contributed by atoms with van der Waals surface area (Å²) in [6, 6.07) is 0. The average Bonchev–Trinajstić information content (AvgIpc) is 3.04. The van der Waals surface area contributed by atoms with Gasteiger partial charge >= 0.3 is 0 Å². The highest BCUT2D eigenvalue weighted by Crippen LogP contribution is 2.59. The number of Topliss-reactive ketones (excluding diaryl/α,β-unsaturated/α-hetero) is 1. The second-order valence-electron chi connectivity index (χ2n) is 6.41. The van der Waals surface area contributed by atoms with Crippen LogP contribution in [0.15, 0.2) is 0 Å². The van der Waals surface area contributed by atoms with Crippen molar-refractivity contribution in [3.05, 3.63) is 0 Å². The maximum Gasteiger partial charge on any atom is 0.140 e. The molecular formula is C13H19NO.